The number of halogens is 3. The molecule has 1 rings (SSSR count). The summed E-state index contributed by atoms with van der Waals surface area (Å²) in [5.41, 5.74) is 0.214. The largest absolute Gasteiger partial charge is 0.497 e. The molecule has 0 aromatic heterocycles. The lowest BCUT2D eigenvalue weighted by atomic mass is 10.1. The van der Waals surface area contributed by atoms with E-state index in [0.717, 1.165) is 0 Å². The van der Waals surface area contributed by atoms with Gasteiger partial charge in [0.25, 0.3) is 0 Å². The summed E-state index contributed by atoms with van der Waals surface area (Å²) in [4.78, 5) is 11.5. The zero-order valence-corrected chi connectivity index (χ0v) is 9.75. The van der Waals surface area contributed by atoms with Crippen molar-refractivity contribution in [2.24, 2.45) is 0 Å². The highest BCUT2D eigenvalue weighted by atomic mass is 35.5. The molecule has 0 saturated carbocycles. The minimum absolute atomic E-state index is 0.214. The van der Waals surface area contributed by atoms with Gasteiger partial charge in [-0.25, -0.2) is 0 Å². The van der Waals surface area contributed by atoms with Gasteiger partial charge in [-0.2, -0.15) is 8.78 Å². The van der Waals surface area contributed by atoms with Gasteiger partial charge in [-0.15, -0.1) is 0 Å². The molecule has 0 saturated heterocycles. The Hall–Kier alpha value is -1.20. The predicted octanol–water partition coefficient (Wildman–Crippen LogP) is 2.46. The van der Waals surface area contributed by atoms with Crippen LogP contribution in [0.25, 0.3) is 0 Å². The van der Waals surface area contributed by atoms with Crippen LogP contribution in [0, 0.1) is 0 Å². The van der Waals surface area contributed by atoms with Crippen LogP contribution in [0.4, 0.5) is 8.78 Å². The fraction of sp³-hybridized carbons (Fsp3) is 0.364. The van der Waals surface area contributed by atoms with Crippen LogP contribution in [0.15, 0.2) is 24.3 Å². The Labute approximate surface area is 102 Å². The number of carbonyl (C=O) groups is 1. The van der Waals surface area contributed by atoms with Gasteiger partial charge in [-0.1, -0.05) is 0 Å². The summed E-state index contributed by atoms with van der Waals surface area (Å²) >= 11 is 4.61. The fourth-order valence-electron chi connectivity index (χ4n) is 1.19. The second kappa shape index (κ2) is 5.42. The normalized spacial score (nSPS) is 13.2. The maximum atomic E-state index is 12.5. The Bertz CT molecular complexity index is 387. The number of methoxy groups -OCH3 is 1. The number of Topliss-reactive ketones (excluding diaryl/α,β-unsaturated/α-hetero) is 1. The van der Waals surface area contributed by atoms with Crippen molar-refractivity contribution in [1.82, 2.24) is 0 Å². The number of rotatable bonds is 5. The molecule has 1 N–H and O–H groups in total. The first-order chi connectivity index (χ1) is 7.84. The van der Waals surface area contributed by atoms with Crippen molar-refractivity contribution in [3.63, 3.8) is 0 Å². The molecule has 0 heterocycles. The molecule has 1 unspecified atom stereocenters. The summed E-state index contributed by atoms with van der Waals surface area (Å²) in [5.74, 6) is -0.0646. The molecule has 1 atom stereocenters. The zero-order chi connectivity index (χ0) is 13.1. The molecule has 1 aromatic carbocycles. The van der Waals surface area contributed by atoms with E-state index in [1.54, 1.807) is 0 Å². The van der Waals surface area contributed by atoms with Gasteiger partial charge in [0.05, 0.1) is 7.11 Å². The number of aliphatic hydroxyl groups is 1. The molecular formula is C11H11ClF2O3. The van der Waals surface area contributed by atoms with Gasteiger partial charge in [0.1, 0.15) is 11.9 Å². The maximum absolute atomic E-state index is 12.5. The third-order valence-corrected chi connectivity index (χ3v) is 2.42. The van der Waals surface area contributed by atoms with Gasteiger partial charge in [0, 0.05) is 12.0 Å². The zero-order valence-electron chi connectivity index (χ0n) is 8.99. The van der Waals surface area contributed by atoms with Crippen LogP contribution < -0.4 is 4.74 Å². The first-order valence-electron chi connectivity index (χ1n) is 4.76. The van der Waals surface area contributed by atoms with Gasteiger partial charge in [0.2, 0.25) is 0 Å². The molecule has 1 aromatic rings. The summed E-state index contributed by atoms with van der Waals surface area (Å²) < 4.78 is 29.8. The van der Waals surface area contributed by atoms with Crippen LogP contribution in [0.2, 0.25) is 0 Å². The number of ether oxygens (including phenoxy) is 1. The standard InChI is InChI=1S/C11H11ClF2O3/c1-17-8-4-2-7(3-5-8)9(15)6-10(16)11(12,13)14/h2-5,10,16H,6H2,1H3. The van der Waals surface area contributed by atoms with Crippen LogP contribution in [0.3, 0.4) is 0 Å². The average molecular weight is 265 g/mol. The Morgan fingerprint density at radius 1 is 1.47 bits per heavy atom. The molecule has 0 aliphatic heterocycles. The van der Waals surface area contributed by atoms with E-state index in [1.165, 1.54) is 31.4 Å². The molecule has 6 heteroatoms. The van der Waals surface area contributed by atoms with Gasteiger partial charge in [-0.05, 0) is 35.9 Å². The van der Waals surface area contributed by atoms with Crippen LogP contribution in [0.5, 0.6) is 5.75 Å². The lowest BCUT2D eigenvalue weighted by Gasteiger charge is -2.14. The van der Waals surface area contributed by atoms with Crippen LogP contribution >= 0.6 is 11.6 Å². The Morgan fingerprint density at radius 3 is 2.41 bits per heavy atom. The number of ketones is 1. The predicted molar refractivity (Wildman–Crippen MR) is 58.7 cm³/mol. The summed E-state index contributed by atoms with van der Waals surface area (Å²) in [6, 6.07) is 5.91. The fourth-order valence-corrected chi connectivity index (χ4v) is 1.26. The SMILES string of the molecule is COc1ccc(C(=O)CC(O)C(F)(F)Cl)cc1. The second-order valence-electron chi connectivity index (χ2n) is 3.41. The first kappa shape index (κ1) is 13.9. The van der Waals surface area contributed by atoms with Crippen molar-refractivity contribution in [3.8, 4) is 5.75 Å². The monoisotopic (exact) mass is 264 g/mol. The van der Waals surface area contributed by atoms with E-state index >= 15 is 0 Å². The van der Waals surface area contributed by atoms with Crippen molar-refractivity contribution in [2.45, 2.75) is 17.9 Å². The van der Waals surface area contributed by atoms with Crippen molar-refractivity contribution < 1.29 is 23.4 Å². The average Bonchev–Trinajstić information content (AvgIpc) is 2.27. The Morgan fingerprint density at radius 2 is 2.00 bits per heavy atom. The number of aliphatic hydroxyl groups excluding tert-OH is 1. The molecule has 0 aliphatic carbocycles. The topological polar surface area (TPSA) is 46.5 Å². The van der Waals surface area contributed by atoms with E-state index < -0.39 is 23.7 Å². The molecule has 0 aliphatic rings. The number of carbonyl (C=O) groups excluding carboxylic acids is 1. The lowest BCUT2D eigenvalue weighted by Crippen LogP contribution is -2.29. The highest BCUT2D eigenvalue weighted by Crippen LogP contribution is 2.26. The van der Waals surface area contributed by atoms with E-state index in [9.17, 15) is 13.6 Å². The van der Waals surface area contributed by atoms with Crippen molar-refractivity contribution in [3.05, 3.63) is 29.8 Å². The third-order valence-electron chi connectivity index (χ3n) is 2.17. The van der Waals surface area contributed by atoms with E-state index in [0.29, 0.717) is 5.75 Å². The molecular weight excluding hydrogens is 254 g/mol. The summed E-state index contributed by atoms with van der Waals surface area (Å²) in [6.45, 7) is 0. The molecule has 94 valence electrons. The first-order valence-corrected chi connectivity index (χ1v) is 5.14. The minimum atomic E-state index is -3.80. The molecule has 0 spiro atoms. The van der Waals surface area contributed by atoms with Gasteiger partial charge >= 0.3 is 5.38 Å². The number of benzene rings is 1. The van der Waals surface area contributed by atoms with Crippen molar-refractivity contribution >= 4 is 17.4 Å². The summed E-state index contributed by atoms with van der Waals surface area (Å²) in [6.07, 6.45) is -2.93. The third kappa shape index (κ3) is 3.94. The number of hydrogen-bond acceptors (Lipinski definition) is 3. The van der Waals surface area contributed by atoms with Gasteiger partial charge in [0.15, 0.2) is 5.78 Å². The van der Waals surface area contributed by atoms with Crippen LogP contribution in [-0.4, -0.2) is 29.5 Å². The minimum Gasteiger partial charge on any atom is -0.497 e. The number of hydrogen-bond donors (Lipinski definition) is 1. The highest BCUT2D eigenvalue weighted by Gasteiger charge is 2.37. The molecule has 0 bridgehead atoms. The summed E-state index contributed by atoms with van der Waals surface area (Å²) in [7, 11) is 1.47. The molecule has 3 nitrogen and oxygen atoms in total. The van der Waals surface area contributed by atoms with Gasteiger partial charge < -0.3 is 9.84 Å². The summed E-state index contributed by atoms with van der Waals surface area (Å²) in [5, 5.41) is 5.19. The van der Waals surface area contributed by atoms with Crippen LogP contribution in [0.1, 0.15) is 16.8 Å². The van der Waals surface area contributed by atoms with Gasteiger partial charge in [-0.3, -0.25) is 4.79 Å². The quantitative estimate of drug-likeness (QED) is 0.656. The molecule has 17 heavy (non-hydrogen) atoms. The maximum Gasteiger partial charge on any atom is 0.347 e. The Balaban J connectivity index is 2.70. The van der Waals surface area contributed by atoms with E-state index in [4.69, 9.17) is 9.84 Å². The van der Waals surface area contributed by atoms with Crippen LogP contribution in [-0.2, 0) is 0 Å². The van der Waals surface area contributed by atoms with Crippen molar-refractivity contribution in [1.29, 1.82) is 0 Å². The second-order valence-corrected chi connectivity index (χ2v) is 3.92. The lowest BCUT2D eigenvalue weighted by molar-refractivity contribution is -0.0405. The number of alkyl halides is 3. The molecule has 0 fully saturated rings. The molecule has 0 amide bonds. The van der Waals surface area contributed by atoms with E-state index in [-0.39, 0.29) is 5.56 Å². The molecule has 0 radical (unpaired) electrons. The van der Waals surface area contributed by atoms with E-state index in [2.05, 4.69) is 11.6 Å². The smallest absolute Gasteiger partial charge is 0.347 e. The van der Waals surface area contributed by atoms with Crippen molar-refractivity contribution in [2.75, 3.05) is 7.11 Å². The highest BCUT2D eigenvalue weighted by molar-refractivity contribution is 6.22. The van der Waals surface area contributed by atoms with E-state index in [1.807, 2.05) is 0 Å². The Kier molecular flexibility index (Phi) is 4.42.